The van der Waals surface area contributed by atoms with Gasteiger partial charge in [-0.1, -0.05) is 11.1 Å². The molecule has 3 atom stereocenters. The summed E-state index contributed by atoms with van der Waals surface area (Å²) in [5.41, 5.74) is 3.45. The summed E-state index contributed by atoms with van der Waals surface area (Å²) in [5.74, 6) is 1.14. The molecule has 3 rings (SSSR count). The lowest BCUT2D eigenvalue weighted by Gasteiger charge is -2.44. The second kappa shape index (κ2) is 3.44. The quantitative estimate of drug-likeness (QED) is 0.665. The van der Waals surface area contributed by atoms with Crippen LogP contribution in [0.4, 0.5) is 0 Å². The van der Waals surface area contributed by atoms with Gasteiger partial charge in [0.2, 0.25) is 0 Å². The molecule has 15 heavy (non-hydrogen) atoms. The lowest BCUT2D eigenvalue weighted by Crippen LogP contribution is -2.52. The molecule has 1 heterocycles. The van der Waals surface area contributed by atoms with E-state index < -0.39 is 0 Å². The molecule has 3 unspecified atom stereocenters. The molecule has 0 aromatic heterocycles. The second-order valence-corrected chi connectivity index (χ2v) is 5.39. The van der Waals surface area contributed by atoms with Crippen molar-refractivity contribution in [3.8, 4) is 0 Å². The van der Waals surface area contributed by atoms with E-state index in [0.29, 0.717) is 11.8 Å². The predicted molar refractivity (Wildman–Crippen MR) is 59.6 cm³/mol. The summed E-state index contributed by atoms with van der Waals surface area (Å²) in [6, 6.07) is 0.750. The van der Waals surface area contributed by atoms with Gasteiger partial charge in [0.25, 0.3) is 0 Å². The van der Waals surface area contributed by atoms with E-state index in [1.54, 1.807) is 18.1 Å². The van der Waals surface area contributed by atoms with Crippen molar-refractivity contribution in [2.24, 2.45) is 5.92 Å². The first-order valence-corrected chi connectivity index (χ1v) is 6.20. The van der Waals surface area contributed by atoms with Gasteiger partial charge >= 0.3 is 0 Å². The monoisotopic (exact) mass is 205 g/mol. The minimum atomic E-state index is 0.147. The van der Waals surface area contributed by atoms with Crippen molar-refractivity contribution in [1.82, 2.24) is 5.32 Å². The molecule has 1 fully saturated rings. The number of nitrogens with one attached hydrogen (secondary N) is 1. The Morgan fingerprint density at radius 2 is 1.93 bits per heavy atom. The van der Waals surface area contributed by atoms with Crippen molar-refractivity contribution in [2.75, 3.05) is 0 Å². The molecule has 2 nitrogen and oxygen atoms in total. The molecule has 2 aliphatic carbocycles. The maximum Gasteiger partial charge on any atom is 0.146 e. The Hall–Kier alpha value is -0.630. The van der Waals surface area contributed by atoms with Gasteiger partial charge in [-0.25, -0.2) is 0 Å². The summed E-state index contributed by atoms with van der Waals surface area (Å²) in [7, 11) is 0. The SMILES string of the molecule is CC(=O)C1CCC2CC3=C(CC3)CC2N1. The Morgan fingerprint density at radius 1 is 1.20 bits per heavy atom. The molecule has 0 saturated carbocycles. The van der Waals surface area contributed by atoms with E-state index in [9.17, 15) is 4.79 Å². The fourth-order valence-electron chi connectivity index (χ4n) is 3.40. The van der Waals surface area contributed by atoms with Crippen LogP contribution in [0.1, 0.15) is 45.4 Å². The number of ketones is 1. The number of Topliss-reactive ketones (excluding diaryl/α,β-unsaturated/α-hetero) is 1. The van der Waals surface area contributed by atoms with Crippen molar-refractivity contribution in [2.45, 2.75) is 57.5 Å². The lowest BCUT2D eigenvalue weighted by atomic mass is 9.68. The summed E-state index contributed by atoms with van der Waals surface area (Å²) in [4.78, 5) is 11.4. The van der Waals surface area contributed by atoms with Gasteiger partial charge in [-0.15, -0.1) is 0 Å². The minimum absolute atomic E-state index is 0.147. The van der Waals surface area contributed by atoms with Gasteiger partial charge in [-0.05, 0) is 51.4 Å². The van der Waals surface area contributed by atoms with Gasteiger partial charge in [-0.2, -0.15) is 0 Å². The van der Waals surface area contributed by atoms with Crippen LogP contribution in [0.5, 0.6) is 0 Å². The minimum Gasteiger partial charge on any atom is -0.304 e. The van der Waals surface area contributed by atoms with Crippen LogP contribution in [0.25, 0.3) is 0 Å². The lowest BCUT2D eigenvalue weighted by molar-refractivity contribution is -0.120. The summed E-state index contributed by atoms with van der Waals surface area (Å²) < 4.78 is 0. The zero-order valence-corrected chi connectivity index (χ0v) is 9.38. The number of rotatable bonds is 1. The van der Waals surface area contributed by atoms with Crippen LogP contribution in [0, 0.1) is 5.92 Å². The highest BCUT2D eigenvalue weighted by Gasteiger charge is 2.37. The first-order valence-electron chi connectivity index (χ1n) is 6.20. The first kappa shape index (κ1) is 9.59. The van der Waals surface area contributed by atoms with Crippen LogP contribution in [0.3, 0.4) is 0 Å². The molecule has 3 aliphatic rings. The molecule has 0 aromatic rings. The highest BCUT2D eigenvalue weighted by molar-refractivity contribution is 5.81. The average molecular weight is 205 g/mol. The molecule has 1 saturated heterocycles. The number of hydrogen-bond donors (Lipinski definition) is 1. The van der Waals surface area contributed by atoms with Gasteiger partial charge in [-0.3, -0.25) is 4.79 Å². The Balaban J connectivity index is 1.73. The van der Waals surface area contributed by atoms with Crippen LogP contribution in [0.15, 0.2) is 11.1 Å². The molecule has 0 bridgehead atoms. The zero-order chi connectivity index (χ0) is 10.4. The summed E-state index contributed by atoms with van der Waals surface area (Å²) >= 11 is 0. The molecule has 0 radical (unpaired) electrons. The number of hydrogen-bond acceptors (Lipinski definition) is 2. The van der Waals surface area contributed by atoms with Crippen LogP contribution in [-0.2, 0) is 4.79 Å². The van der Waals surface area contributed by atoms with E-state index in [0.717, 1.165) is 12.3 Å². The van der Waals surface area contributed by atoms with E-state index in [2.05, 4.69) is 5.32 Å². The van der Waals surface area contributed by atoms with Crippen LogP contribution >= 0.6 is 0 Å². The fourth-order valence-corrected chi connectivity index (χ4v) is 3.40. The van der Waals surface area contributed by atoms with Crippen LogP contribution < -0.4 is 5.32 Å². The third-order valence-corrected chi connectivity index (χ3v) is 4.50. The molecular formula is C13H19NO. The number of allylic oxidation sites excluding steroid dienone is 1. The average Bonchev–Trinajstić information content (AvgIpc) is 2.20. The largest absolute Gasteiger partial charge is 0.304 e. The smallest absolute Gasteiger partial charge is 0.146 e. The van der Waals surface area contributed by atoms with Gasteiger partial charge in [0.05, 0.1) is 6.04 Å². The fraction of sp³-hybridized carbons (Fsp3) is 0.769. The summed E-state index contributed by atoms with van der Waals surface area (Å²) in [5, 5.41) is 3.56. The first-order chi connectivity index (χ1) is 7.24. The van der Waals surface area contributed by atoms with E-state index in [4.69, 9.17) is 0 Å². The molecule has 82 valence electrons. The third kappa shape index (κ3) is 1.55. The van der Waals surface area contributed by atoms with Crippen molar-refractivity contribution in [3.05, 3.63) is 11.1 Å². The van der Waals surface area contributed by atoms with Crippen molar-refractivity contribution in [1.29, 1.82) is 0 Å². The van der Waals surface area contributed by atoms with Gasteiger partial charge in [0.1, 0.15) is 5.78 Å². The van der Waals surface area contributed by atoms with Gasteiger partial charge < -0.3 is 5.32 Å². The number of carbonyl (C=O) groups excluding carboxylic acids is 1. The highest BCUT2D eigenvalue weighted by atomic mass is 16.1. The van der Waals surface area contributed by atoms with Crippen LogP contribution in [0.2, 0.25) is 0 Å². The zero-order valence-electron chi connectivity index (χ0n) is 9.38. The number of carbonyl (C=O) groups is 1. The van der Waals surface area contributed by atoms with E-state index in [1.807, 2.05) is 0 Å². The highest BCUT2D eigenvalue weighted by Crippen LogP contribution is 2.44. The van der Waals surface area contributed by atoms with Crippen molar-refractivity contribution < 1.29 is 4.79 Å². The van der Waals surface area contributed by atoms with Crippen molar-refractivity contribution in [3.63, 3.8) is 0 Å². The molecule has 2 heteroatoms. The number of piperidine rings is 1. The Morgan fingerprint density at radius 3 is 2.60 bits per heavy atom. The topological polar surface area (TPSA) is 29.1 Å². The van der Waals surface area contributed by atoms with Crippen LogP contribution in [-0.4, -0.2) is 17.9 Å². The number of fused-ring (bicyclic) bond motifs is 1. The van der Waals surface area contributed by atoms with Gasteiger partial charge in [0.15, 0.2) is 0 Å². The second-order valence-electron chi connectivity index (χ2n) is 5.39. The normalized spacial score (nSPS) is 39.1. The Labute approximate surface area is 91.1 Å². The van der Waals surface area contributed by atoms with E-state index in [-0.39, 0.29) is 6.04 Å². The molecule has 0 spiro atoms. The molecule has 0 amide bonds. The van der Waals surface area contributed by atoms with E-state index in [1.165, 1.54) is 32.1 Å². The molecule has 1 N–H and O–H groups in total. The third-order valence-electron chi connectivity index (χ3n) is 4.50. The standard InChI is InChI=1S/C13H19NO/c1-8(15)12-5-4-11-6-9-2-3-10(9)7-13(11)14-12/h11-14H,2-7H2,1H3. The Kier molecular flexibility index (Phi) is 2.20. The molecule has 1 aliphatic heterocycles. The molecule has 0 aromatic carbocycles. The molecular weight excluding hydrogens is 186 g/mol. The van der Waals surface area contributed by atoms with Crippen molar-refractivity contribution >= 4 is 5.78 Å². The maximum absolute atomic E-state index is 11.4. The maximum atomic E-state index is 11.4. The summed E-state index contributed by atoms with van der Waals surface area (Å²) in [6.07, 6.45) is 7.53. The summed E-state index contributed by atoms with van der Waals surface area (Å²) in [6.45, 7) is 1.72. The predicted octanol–water partition coefficient (Wildman–Crippen LogP) is 2.20. The van der Waals surface area contributed by atoms with E-state index >= 15 is 0 Å². The Bertz CT molecular complexity index is 331. The van der Waals surface area contributed by atoms with Gasteiger partial charge in [0, 0.05) is 6.04 Å².